The van der Waals surface area contributed by atoms with Crippen molar-refractivity contribution in [1.82, 2.24) is 4.90 Å². The molecule has 1 aromatic rings. The molecule has 1 unspecified atom stereocenters. The lowest BCUT2D eigenvalue weighted by Gasteiger charge is -2.33. The Morgan fingerprint density at radius 3 is 2.81 bits per heavy atom. The Hall–Kier alpha value is -1.86. The maximum Gasteiger partial charge on any atom is 0.161 e. The number of Topliss-reactive ketones (excluding diaryl/α,β-unsaturated/α-hetero) is 1. The molecule has 1 saturated heterocycles. The highest BCUT2D eigenvalue weighted by molar-refractivity contribution is 6.00. The van der Waals surface area contributed by atoms with Gasteiger partial charge < -0.3 is 9.80 Å². The number of hydrogen-bond acceptors (Lipinski definition) is 4. The molecule has 112 valence electrons. The summed E-state index contributed by atoms with van der Waals surface area (Å²) in [6.45, 7) is 6.76. The summed E-state index contributed by atoms with van der Waals surface area (Å²) in [5.74, 6) is 0.0574. The fraction of sp³-hybridized carbons (Fsp3) is 0.529. The van der Waals surface area contributed by atoms with Crippen LogP contribution in [0.15, 0.2) is 18.2 Å². The van der Waals surface area contributed by atoms with Gasteiger partial charge in [-0.05, 0) is 51.6 Å². The number of carbonyl (C=O) groups excluding carboxylic acids is 1. The van der Waals surface area contributed by atoms with E-state index >= 15 is 0 Å². The Morgan fingerprint density at radius 1 is 1.43 bits per heavy atom. The van der Waals surface area contributed by atoms with Gasteiger partial charge >= 0.3 is 0 Å². The maximum atomic E-state index is 11.9. The molecule has 1 heterocycles. The van der Waals surface area contributed by atoms with E-state index in [1.54, 1.807) is 19.1 Å². The molecule has 21 heavy (non-hydrogen) atoms. The van der Waals surface area contributed by atoms with E-state index in [4.69, 9.17) is 5.26 Å². The van der Waals surface area contributed by atoms with Crippen LogP contribution in [0.5, 0.6) is 0 Å². The van der Waals surface area contributed by atoms with E-state index in [1.165, 1.54) is 0 Å². The predicted octanol–water partition coefficient (Wildman–Crippen LogP) is 2.68. The second-order valence-electron chi connectivity index (χ2n) is 5.77. The molecule has 0 spiro atoms. The van der Waals surface area contributed by atoms with E-state index in [0.717, 1.165) is 43.7 Å². The van der Waals surface area contributed by atoms with Gasteiger partial charge in [0.25, 0.3) is 0 Å². The highest BCUT2D eigenvalue weighted by Gasteiger charge is 2.25. The first-order valence-electron chi connectivity index (χ1n) is 7.57. The van der Waals surface area contributed by atoms with Crippen molar-refractivity contribution in [3.8, 4) is 6.07 Å². The van der Waals surface area contributed by atoms with Gasteiger partial charge in [0.1, 0.15) is 0 Å². The Labute approximate surface area is 127 Å². The van der Waals surface area contributed by atoms with Gasteiger partial charge in [-0.3, -0.25) is 4.79 Å². The van der Waals surface area contributed by atoms with Crippen molar-refractivity contribution >= 4 is 11.5 Å². The predicted molar refractivity (Wildman–Crippen MR) is 84.7 cm³/mol. The van der Waals surface area contributed by atoms with Crippen LogP contribution in [0.1, 0.15) is 42.6 Å². The third-order valence-corrected chi connectivity index (χ3v) is 4.19. The van der Waals surface area contributed by atoms with Crippen LogP contribution in [-0.4, -0.2) is 43.4 Å². The topological polar surface area (TPSA) is 47.3 Å². The normalized spacial score (nSPS) is 19.9. The number of rotatable bonds is 3. The van der Waals surface area contributed by atoms with Crippen LogP contribution >= 0.6 is 0 Å². The van der Waals surface area contributed by atoms with Crippen molar-refractivity contribution in [1.29, 1.82) is 5.26 Å². The van der Waals surface area contributed by atoms with Crippen LogP contribution in [-0.2, 0) is 0 Å². The van der Waals surface area contributed by atoms with Gasteiger partial charge in [-0.25, -0.2) is 0 Å². The summed E-state index contributed by atoms with van der Waals surface area (Å²) in [5.41, 5.74) is 2.25. The smallest absolute Gasteiger partial charge is 0.161 e. The quantitative estimate of drug-likeness (QED) is 0.801. The van der Waals surface area contributed by atoms with E-state index in [-0.39, 0.29) is 5.78 Å². The van der Waals surface area contributed by atoms with E-state index < -0.39 is 0 Å². The summed E-state index contributed by atoms with van der Waals surface area (Å²) >= 11 is 0. The number of nitrogens with zero attached hydrogens (tertiary/aromatic N) is 3. The van der Waals surface area contributed by atoms with E-state index in [0.29, 0.717) is 11.6 Å². The molecule has 2 rings (SSSR count). The molecule has 1 atom stereocenters. The van der Waals surface area contributed by atoms with Crippen LogP contribution in [0, 0.1) is 11.3 Å². The molecular weight excluding hydrogens is 262 g/mol. The van der Waals surface area contributed by atoms with E-state index in [1.807, 2.05) is 6.07 Å². The molecule has 0 radical (unpaired) electrons. The summed E-state index contributed by atoms with van der Waals surface area (Å²) in [6.07, 6.45) is 2.10. The zero-order chi connectivity index (χ0) is 15.4. The lowest BCUT2D eigenvalue weighted by molar-refractivity contribution is 0.101. The number of carbonyl (C=O) groups is 1. The fourth-order valence-corrected chi connectivity index (χ4v) is 3.05. The summed E-state index contributed by atoms with van der Waals surface area (Å²) in [6, 6.07) is 7.94. The van der Waals surface area contributed by atoms with E-state index in [9.17, 15) is 4.79 Å². The van der Waals surface area contributed by atoms with Crippen LogP contribution in [0.3, 0.4) is 0 Å². The van der Waals surface area contributed by atoms with Gasteiger partial charge in [-0.15, -0.1) is 0 Å². The lowest BCUT2D eigenvalue weighted by Crippen LogP contribution is -2.40. The van der Waals surface area contributed by atoms with Crippen molar-refractivity contribution in [3.05, 3.63) is 29.3 Å². The third kappa shape index (κ3) is 3.43. The lowest BCUT2D eigenvalue weighted by atomic mass is 10.0. The molecule has 1 aromatic carbocycles. The van der Waals surface area contributed by atoms with Gasteiger partial charge in [0.15, 0.2) is 5.78 Å². The first kappa shape index (κ1) is 15.5. The number of likely N-dealkylation sites (N-methyl/N-ethyl adjacent to an activating group) is 1. The minimum atomic E-state index is 0.0574. The molecule has 0 amide bonds. The SMILES string of the molecule is CCC1CN(C)CCCN1c1cc(C#N)ccc1C(C)=O. The Bertz CT molecular complexity index is 562. The molecule has 0 aliphatic carbocycles. The summed E-state index contributed by atoms with van der Waals surface area (Å²) in [4.78, 5) is 16.6. The number of ketones is 1. The molecule has 0 saturated carbocycles. The van der Waals surface area contributed by atoms with Crippen LogP contribution in [0.4, 0.5) is 5.69 Å². The molecule has 0 aromatic heterocycles. The third-order valence-electron chi connectivity index (χ3n) is 4.19. The number of hydrogen-bond donors (Lipinski definition) is 0. The zero-order valence-electron chi connectivity index (χ0n) is 13.1. The minimum absolute atomic E-state index is 0.0574. The monoisotopic (exact) mass is 285 g/mol. The number of anilines is 1. The Balaban J connectivity index is 2.46. The van der Waals surface area contributed by atoms with Crippen molar-refractivity contribution in [3.63, 3.8) is 0 Å². The second kappa shape index (κ2) is 6.73. The van der Waals surface area contributed by atoms with Crippen LogP contribution in [0.25, 0.3) is 0 Å². The first-order valence-corrected chi connectivity index (χ1v) is 7.57. The number of benzene rings is 1. The van der Waals surface area contributed by atoms with Crippen LogP contribution < -0.4 is 4.90 Å². The Morgan fingerprint density at radius 2 is 2.19 bits per heavy atom. The van der Waals surface area contributed by atoms with Gasteiger partial charge in [-0.1, -0.05) is 6.92 Å². The van der Waals surface area contributed by atoms with Crippen molar-refractivity contribution in [2.24, 2.45) is 0 Å². The van der Waals surface area contributed by atoms with Crippen molar-refractivity contribution < 1.29 is 4.79 Å². The molecule has 1 aliphatic heterocycles. The molecule has 4 nitrogen and oxygen atoms in total. The molecule has 1 aliphatic rings. The summed E-state index contributed by atoms with van der Waals surface area (Å²) in [5, 5.41) is 9.15. The standard InChI is InChI=1S/C17H23N3O/c1-4-15-12-19(3)8-5-9-20(15)17-10-14(11-18)6-7-16(17)13(2)21/h6-7,10,15H,4-5,8-9,12H2,1-3H3. The minimum Gasteiger partial charge on any atom is -0.367 e. The van der Waals surface area contributed by atoms with Crippen LogP contribution in [0.2, 0.25) is 0 Å². The van der Waals surface area contributed by atoms with Crippen molar-refractivity contribution in [2.75, 3.05) is 31.6 Å². The first-order chi connectivity index (χ1) is 10.1. The zero-order valence-corrected chi connectivity index (χ0v) is 13.1. The molecule has 0 N–H and O–H groups in total. The summed E-state index contributed by atoms with van der Waals surface area (Å²) < 4.78 is 0. The molecule has 1 fully saturated rings. The Kier molecular flexibility index (Phi) is 4.98. The molecule has 4 heteroatoms. The molecular formula is C17H23N3O. The largest absolute Gasteiger partial charge is 0.367 e. The van der Waals surface area contributed by atoms with Gasteiger partial charge in [0.05, 0.1) is 11.6 Å². The highest BCUT2D eigenvalue weighted by Crippen LogP contribution is 2.27. The number of nitriles is 1. The average molecular weight is 285 g/mol. The second-order valence-corrected chi connectivity index (χ2v) is 5.77. The van der Waals surface area contributed by atoms with Gasteiger partial charge in [-0.2, -0.15) is 5.26 Å². The van der Waals surface area contributed by atoms with E-state index in [2.05, 4.69) is 29.8 Å². The van der Waals surface area contributed by atoms with Crippen molar-refractivity contribution in [2.45, 2.75) is 32.7 Å². The average Bonchev–Trinajstić information content (AvgIpc) is 2.67. The van der Waals surface area contributed by atoms with Gasteiger partial charge in [0.2, 0.25) is 0 Å². The van der Waals surface area contributed by atoms with Gasteiger partial charge in [0, 0.05) is 30.4 Å². The fourth-order valence-electron chi connectivity index (χ4n) is 3.05. The summed E-state index contributed by atoms with van der Waals surface area (Å²) in [7, 11) is 2.14. The highest BCUT2D eigenvalue weighted by atomic mass is 16.1. The maximum absolute atomic E-state index is 11.9. The molecule has 0 bridgehead atoms.